The van der Waals surface area contributed by atoms with Gasteiger partial charge in [-0.2, -0.15) is 0 Å². The Kier molecular flexibility index (Phi) is 5.79. The highest BCUT2D eigenvalue weighted by molar-refractivity contribution is 7.92. The average molecular weight is 404 g/mol. The molecular formula is C20H24N2O5S. The topological polar surface area (TPSA) is 76.2 Å². The maximum Gasteiger partial charge on any atom is 0.265 e. The Bertz CT molecular complexity index is 943. The van der Waals surface area contributed by atoms with Gasteiger partial charge in [0.2, 0.25) is 10.0 Å². The van der Waals surface area contributed by atoms with Crippen molar-refractivity contribution in [3.05, 3.63) is 54.1 Å². The molecule has 0 N–H and O–H groups in total. The Morgan fingerprint density at radius 2 is 1.89 bits per heavy atom. The number of para-hydroxylation sites is 2. The molecule has 8 heteroatoms. The summed E-state index contributed by atoms with van der Waals surface area (Å²) in [6.45, 7) is 1.92. The van der Waals surface area contributed by atoms with Gasteiger partial charge in [-0.15, -0.1) is 0 Å². The van der Waals surface area contributed by atoms with E-state index in [1.54, 1.807) is 45.3 Å². The first-order valence-electron chi connectivity index (χ1n) is 8.99. The number of likely N-dealkylation sites (N-methyl/N-ethyl adjacent to an activating group) is 1. The van der Waals surface area contributed by atoms with Crippen LogP contribution in [0.5, 0.6) is 11.5 Å². The molecule has 0 spiro atoms. The van der Waals surface area contributed by atoms with Crippen LogP contribution in [-0.4, -0.2) is 51.8 Å². The monoisotopic (exact) mass is 404 g/mol. The second-order valence-corrected chi connectivity index (χ2v) is 8.73. The molecular weight excluding hydrogens is 380 g/mol. The fourth-order valence-electron chi connectivity index (χ4n) is 3.08. The van der Waals surface area contributed by atoms with E-state index in [-0.39, 0.29) is 18.2 Å². The molecule has 0 unspecified atom stereocenters. The number of rotatable bonds is 6. The van der Waals surface area contributed by atoms with Crippen molar-refractivity contribution in [1.82, 2.24) is 4.90 Å². The number of methoxy groups -OCH3 is 1. The number of hydrogen-bond acceptors (Lipinski definition) is 5. The minimum absolute atomic E-state index is 0.0427. The fourth-order valence-corrected chi connectivity index (χ4v) is 4.20. The zero-order valence-corrected chi connectivity index (χ0v) is 17.0. The first kappa shape index (κ1) is 20.0. The molecule has 2 aromatic carbocycles. The van der Waals surface area contributed by atoms with Gasteiger partial charge in [-0.25, -0.2) is 8.42 Å². The molecule has 0 bridgehead atoms. The van der Waals surface area contributed by atoms with Gasteiger partial charge >= 0.3 is 0 Å². The highest BCUT2D eigenvalue weighted by Crippen LogP contribution is 2.35. The Labute approximate surface area is 165 Å². The molecule has 0 saturated heterocycles. The van der Waals surface area contributed by atoms with E-state index >= 15 is 0 Å². The SMILES string of the molecule is CCS(=O)(=O)N1C[C@H](C(=O)N(C)Cc2ccc(OC)cc2)Oc2ccccc21. The molecule has 1 amide bonds. The summed E-state index contributed by atoms with van der Waals surface area (Å²) in [5.74, 6) is 0.804. The highest BCUT2D eigenvalue weighted by atomic mass is 32.2. The predicted octanol–water partition coefficient (Wildman–Crippen LogP) is 2.27. The second kappa shape index (κ2) is 8.10. The smallest absolute Gasteiger partial charge is 0.265 e. The van der Waals surface area contributed by atoms with Crippen LogP contribution in [0.25, 0.3) is 0 Å². The summed E-state index contributed by atoms with van der Waals surface area (Å²) in [5.41, 5.74) is 1.40. The van der Waals surface area contributed by atoms with E-state index in [2.05, 4.69) is 0 Å². The van der Waals surface area contributed by atoms with Crippen molar-refractivity contribution >= 4 is 21.6 Å². The lowest BCUT2D eigenvalue weighted by Crippen LogP contribution is -2.51. The van der Waals surface area contributed by atoms with Crippen molar-refractivity contribution in [3.63, 3.8) is 0 Å². The van der Waals surface area contributed by atoms with Crippen LogP contribution < -0.4 is 13.8 Å². The number of carbonyl (C=O) groups is 1. The Hall–Kier alpha value is -2.74. The molecule has 28 heavy (non-hydrogen) atoms. The lowest BCUT2D eigenvalue weighted by atomic mass is 10.1. The van der Waals surface area contributed by atoms with E-state index in [4.69, 9.17) is 9.47 Å². The van der Waals surface area contributed by atoms with Gasteiger partial charge < -0.3 is 14.4 Å². The maximum atomic E-state index is 13.0. The van der Waals surface area contributed by atoms with Crippen LogP contribution in [0, 0.1) is 0 Å². The largest absolute Gasteiger partial charge is 0.497 e. The molecule has 150 valence electrons. The number of benzene rings is 2. The average Bonchev–Trinajstić information content (AvgIpc) is 2.72. The molecule has 0 radical (unpaired) electrons. The summed E-state index contributed by atoms with van der Waals surface area (Å²) >= 11 is 0. The van der Waals surface area contributed by atoms with E-state index in [1.807, 2.05) is 24.3 Å². The van der Waals surface area contributed by atoms with Gasteiger partial charge in [0.1, 0.15) is 11.5 Å². The third kappa shape index (κ3) is 4.06. The predicted molar refractivity (Wildman–Crippen MR) is 107 cm³/mol. The van der Waals surface area contributed by atoms with Crippen LogP contribution in [0.2, 0.25) is 0 Å². The van der Waals surface area contributed by atoms with Crippen LogP contribution >= 0.6 is 0 Å². The van der Waals surface area contributed by atoms with Crippen molar-refractivity contribution < 1.29 is 22.7 Å². The summed E-state index contributed by atoms with van der Waals surface area (Å²) in [6, 6.07) is 14.3. The Morgan fingerprint density at radius 3 is 2.54 bits per heavy atom. The maximum absolute atomic E-state index is 13.0. The molecule has 0 saturated carbocycles. The summed E-state index contributed by atoms with van der Waals surface area (Å²) < 4.78 is 37.3. The van der Waals surface area contributed by atoms with Gasteiger partial charge in [0.05, 0.1) is 25.1 Å². The normalized spacial score (nSPS) is 16.1. The van der Waals surface area contributed by atoms with E-state index in [0.717, 1.165) is 11.3 Å². The first-order chi connectivity index (χ1) is 13.4. The summed E-state index contributed by atoms with van der Waals surface area (Å²) in [4.78, 5) is 14.5. The molecule has 3 rings (SSSR count). The molecule has 1 atom stereocenters. The lowest BCUT2D eigenvalue weighted by Gasteiger charge is -2.36. The number of fused-ring (bicyclic) bond motifs is 1. The van der Waals surface area contributed by atoms with Gasteiger partial charge in [-0.05, 0) is 36.8 Å². The van der Waals surface area contributed by atoms with Crippen molar-refractivity contribution in [2.45, 2.75) is 19.6 Å². The minimum atomic E-state index is -3.52. The van der Waals surface area contributed by atoms with E-state index < -0.39 is 16.1 Å². The second-order valence-electron chi connectivity index (χ2n) is 6.55. The molecule has 1 heterocycles. The zero-order valence-electron chi connectivity index (χ0n) is 16.2. The number of nitrogens with zero attached hydrogens (tertiary/aromatic N) is 2. The van der Waals surface area contributed by atoms with Gasteiger partial charge in [-0.3, -0.25) is 9.10 Å². The van der Waals surface area contributed by atoms with E-state index in [9.17, 15) is 13.2 Å². The third-order valence-corrected chi connectivity index (χ3v) is 6.41. The number of ether oxygens (including phenoxy) is 2. The molecule has 0 fully saturated rings. The number of carbonyl (C=O) groups excluding carboxylic acids is 1. The lowest BCUT2D eigenvalue weighted by molar-refractivity contribution is -0.137. The summed E-state index contributed by atoms with van der Waals surface area (Å²) in [6.07, 6.45) is -0.903. The third-order valence-electron chi connectivity index (χ3n) is 4.67. The zero-order chi connectivity index (χ0) is 20.3. The Balaban J connectivity index is 1.79. The molecule has 2 aromatic rings. The van der Waals surface area contributed by atoms with Crippen molar-refractivity contribution in [2.24, 2.45) is 0 Å². The number of hydrogen-bond donors (Lipinski definition) is 0. The molecule has 0 aliphatic carbocycles. The highest BCUT2D eigenvalue weighted by Gasteiger charge is 2.37. The van der Waals surface area contributed by atoms with Crippen LogP contribution in [0.1, 0.15) is 12.5 Å². The molecule has 1 aliphatic rings. The van der Waals surface area contributed by atoms with Gasteiger partial charge in [-0.1, -0.05) is 24.3 Å². The minimum Gasteiger partial charge on any atom is -0.497 e. The van der Waals surface area contributed by atoms with E-state index in [1.165, 1.54) is 9.21 Å². The van der Waals surface area contributed by atoms with Crippen LogP contribution in [0.15, 0.2) is 48.5 Å². The van der Waals surface area contributed by atoms with Crippen LogP contribution in [0.3, 0.4) is 0 Å². The van der Waals surface area contributed by atoms with Gasteiger partial charge in [0.25, 0.3) is 5.91 Å². The first-order valence-corrected chi connectivity index (χ1v) is 10.6. The van der Waals surface area contributed by atoms with Crippen molar-refractivity contribution in [2.75, 3.05) is 30.8 Å². The molecule has 7 nitrogen and oxygen atoms in total. The van der Waals surface area contributed by atoms with Gasteiger partial charge in [0, 0.05) is 13.6 Å². The molecule has 0 aromatic heterocycles. The van der Waals surface area contributed by atoms with Crippen molar-refractivity contribution in [1.29, 1.82) is 0 Å². The van der Waals surface area contributed by atoms with Crippen molar-refractivity contribution in [3.8, 4) is 11.5 Å². The van der Waals surface area contributed by atoms with Gasteiger partial charge in [0.15, 0.2) is 6.10 Å². The van der Waals surface area contributed by atoms with Crippen LogP contribution in [-0.2, 0) is 21.4 Å². The fraction of sp³-hybridized carbons (Fsp3) is 0.350. The van der Waals surface area contributed by atoms with Crippen LogP contribution in [0.4, 0.5) is 5.69 Å². The standard InChI is InChI=1S/C20H24N2O5S/c1-4-28(24,25)22-14-19(27-18-8-6-5-7-17(18)22)20(23)21(2)13-15-9-11-16(26-3)12-10-15/h5-12,19H,4,13-14H2,1-3H3/t19-/m1/s1. The number of amides is 1. The summed E-state index contributed by atoms with van der Waals surface area (Å²) in [7, 11) is -0.253. The number of sulfonamides is 1. The molecule has 1 aliphatic heterocycles. The Morgan fingerprint density at radius 1 is 1.21 bits per heavy atom. The van der Waals surface area contributed by atoms with E-state index in [0.29, 0.717) is 18.0 Å². The quantitative estimate of drug-likeness (QED) is 0.738. The summed E-state index contributed by atoms with van der Waals surface area (Å²) in [5, 5.41) is 0. The number of anilines is 1.